The van der Waals surface area contributed by atoms with Crippen molar-refractivity contribution in [2.75, 3.05) is 0 Å². The summed E-state index contributed by atoms with van der Waals surface area (Å²) in [6.07, 6.45) is 0.771. The van der Waals surface area contributed by atoms with E-state index >= 15 is 0 Å². The summed E-state index contributed by atoms with van der Waals surface area (Å²) in [5.41, 5.74) is 3.28. The number of carbonyl (C=O) groups is 1. The molecule has 0 aliphatic rings. The van der Waals surface area contributed by atoms with Gasteiger partial charge in [0.25, 0.3) is 0 Å². The van der Waals surface area contributed by atoms with Crippen LogP contribution in [0, 0.1) is 13.8 Å². The average Bonchev–Trinajstić information content (AvgIpc) is 2.81. The Balaban J connectivity index is 2.07. The van der Waals surface area contributed by atoms with E-state index in [0.29, 0.717) is 6.61 Å². The summed E-state index contributed by atoms with van der Waals surface area (Å²) in [7, 11) is 0. The summed E-state index contributed by atoms with van der Waals surface area (Å²) in [6, 6.07) is 5.97. The maximum absolute atomic E-state index is 10.8. The molecule has 0 bridgehead atoms. The van der Waals surface area contributed by atoms with E-state index in [0.717, 1.165) is 27.7 Å². The first-order chi connectivity index (χ1) is 9.99. The number of carboxylic acids is 1. The highest BCUT2D eigenvalue weighted by molar-refractivity contribution is 7.11. The van der Waals surface area contributed by atoms with Crippen molar-refractivity contribution in [3.05, 3.63) is 44.9 Å². The van der Waals surface area contributed by atoms with Gasteiger partial charge in [-0.3, -0.25) is 4.79 Å². The van der Waals surface area contributed by atoms with Gasteiger partial charge in [0.15, 0.2) is 0 Å². The van der Waals surface area contributed by atoms with Crippen molar-refractivity contribution >= 4 is 17.3 Å². The first-order valence-electron chi connectivity index (χ1n) is 6.89. The molecule has 2 rings (SSSR count). The molecule has 0 radical (unpaired) electrons. The fourth-order valence-electron chi connectivity index (χ4n) is 2.00. The van der Waals surface area contributed by atoms with Crippen LogP contribution in [0.5, 0.6) is 5.75 Å². The number of nitrogens with zero attached hydrogens (tertiary/aromatic N) is 1. The first-order valence-corrected chi connectivity index (χ1v) is 7.70. The van der Waals surface area contributed by atoms with Gasteiger partial charge in [-0.25, -0.2) is 4.98 Å². The van der Waals surface area contributed by atoms with Crippen LogP contribution in [0.2, 0.25) is 0 Å². The Morgan fingerprint density at radius 1 is 1.33 bits per heavy atom. The Kier molecular flexibility index (Phi) is 4.96. The summed E-state index contributed by atoms with van der Waals surface area (Å²) in [6.45, 7) is 6.46. The average molecular weight is 305 g/mol. The first kappa shape index (κ1) is 15.5. The van der Waals surface area contributed by atoms with Crippen molar-refractivity contribution in [2.24, 2.45) is 0 Å². The number of benzene rings is 1. The molecule has 1 aromatic heterocycles. The van der Waals surface area contributed by atoms with Crippen LogP contribution in [0.1, 0.15) is 33.6 Å². The number of hydrogen-bond donors (Lipinski definition) is 1. The van der Waals surface area contributed by atoms with Crippen LogP contribution in [0.15, 0.2) is 18.2 Å². The molecule has 0 saturated carbocycles. The second-order valence-electron chi connectivity index (χ2n) is 4.94. The normalized spacial score (nSPS) is 10.6. The molecule has 21 heavy (non-hydrogen) atoms. The lowest BCUT2D eigenvalue weighted by Crippen LogP contribution is -2.00. The molecule has 1 N–H and O–H groups in total. The highest BCUT2D eigenvalue weighted by Crippen LogP contribution is 2.23. The van der Waals surface area contributed by atoms with E-state index in [1.807, 2.05) is 32.0 Å². The lowest BCUT2D eigenvalue weighted by atomic mass is 10.1. The minimum Gasteiger partial charge on any atom is -0.486 e. The van der Waals surface area contributed by atoms with E-state index < -0.39 is 5.97 Å². The fourth-order valence-corrected chi connectivity index (χ4v) is 3.06. The number of aromatic nitrogens is 1. The van der Waals surface area contributed by atoms with Crippen molar-refractivity contribution in [1.82, 2.24) is 4.98 Å². The molecular weight excluding hydrogens is 286 g/mol. The zero-order chi connectivity index (χ0) is 15.4. The van der Waals surface area contributed by atoms with Crippen LogP contribution < -0.4 is 4.74 Å². The SMILES string of the molecule is CCc1nc(COc2ccc(C)c(C)c2)sc1CC(=O)O. The van der Waals surface area contributed by atoms with Gasteiger partial charge < -0.3 is 9.84 Å². The number of thiazole rings is 1. The second-order valence-corrected chi connectivity index (χ2v) is 6.10. The minimum atomic E-state index is -0.824. The molecule has 0 atom stereocenters. The molecule has 4 nitrogen and oxygen atoms in total. The van der Waals surface area contributed by atoms with Crippen molar-refractivity contribution in [3.8, 4) is 5.75 Å². The Bertz CT molecular complexity index is 649. The van der Waals surface area contributed by atoms with Gasteiger partial charge in [0.05, 0.1) is 12.1 Å². The predicted octanol–water partition coefficient (Wildman–Crippen LogP) is 3.53. The third-order valence-corrected chi connectivity index (χ3v) is 4.38. The van der Waals surface area contributed by atoms with Crippen LogP contribution >= 0.6 is 11.3 Å². The molecule has 1 heterocycles. The van der Waals surface area contributed by atoms with Gasteiger partial charge in [-0.15, -0.1) is 11.3 Å². The summed E-state index contributed by atoms with van der Waals surface area (Å²) in [4.78, 5) is 16.1. The van der Waals surface area contributed by atoms with Crippen molar-refractivity contribution < 1.29 is 14.6 Å². The van der Waals surface area contributed by atoms with Gasteiger partial charge in [0.2, 0.25) is 0 Å². The van der Waals surface area contributed by atoms with E-state index in [9.17, 15) is 4.79 Å². The Morgan fingerprint density at radius 2 is 2.10 bits per heavy atom. The van der Waals surface area contributed by atoms with Gasteiger partial charge in [-0.05, 0) is 43.5 Å². The highest BCUT2D eigenvalue weighted by Gasteiger charge is 2.13. The van der Waals surface area contributed by atoms with Crippen LogP contribution in [-0.4, -0.2) is 16.1 Å². The molecule has 0 fully saturated rings. The molecule has 0 aliphatic heterocycles. The van der Waals surface area contributed by atoms with E-state index in [1.54, 1.807) is 0 Å². The third-order valence-electron chi connectivity index (χ3n) is 3.31. The van der Waals surface area contributed by atoms with Crippen LogP contribution in [-0.2, 0) is 24.2 Å². The molecule has 0 saturated heterocycles. The number of ether oxygens (including phenoxy) is 1. The van der Waals surface area contributed by atoms with Crippen molar-refractivity contribution in [3.63, 3.8) is 0 Å². The van der Waals surface area contributed by atoms with E-state index in [2.05, 4.69) is 11.9 Å². The lowest BCUT2D eigenvalue weighted by molar-refractivity contribution is -0.136. The molecule has 112 valence electrons. The number of aryl methyl sites for hydroxylation is 3. The fraction of sp³-hybridized carbons (Fsp3) is 0.375. The molecular formula is C16H19NO3S. The highest BCUT2D eigenvalue weighted by atomic mass is 32.1. The van der Waals surface area contributed by atoms with Crippen LogP contribution in [0.4, 0.5) is 0 Å². The Hall–Kier alpha value is -1.88. The monoisotopic (exact) mass is 305 g/mol. The Labute approximate surface area is 128 Å². The van der Waals surface area contributed by atoms with Gasteiger partial charge in [-0.2, -0.15) is 0 Å². The standard InChI is InChI=1S/C16H19NO3S/c1-4-13-14(8-16(18)19)21-15(17-13)9-20-12-6-5-10(2)11(3)7-12/h5-7H,4,8-9H2,1-3H3,(H,18,19). The maximum Gasteiger partial charge on any atom is 0.308 e. The molecule has 0 spiro atoms. The molecule has 1 aromatic carbocycles. The van der Waals surface area contributed by atoms with Gasteiger partial charge in [-0.1, -0.05) is 13.0 Å². The predicted molar refractivity (Wildman–Crippen MR) is 83.1 cm³/mol. The molecule has 5 heteroatoms. The quantitative estimate of drug-likeness (QED) is 0.887. The van der Waals surface area contributed by atoms with Gasteiger partial charge >= 0.3 is 5.97 Å². The number of aliphatic carboxylic acids is 1. The molecule has 0 aliphatic carbocycles. The van der Waals surface area contributed by atoms with E-state index in [-0.39, 0.29) is 6.42 Å². The minimum absolute atomic E-state index is 0.0322. The van der Waals surface area contributed by atoms with E-state index in [4.69, 9.17) is 9.84 Å². The van der Waals surface area contributed by atoms with Gasteiger partial charge in [0.1, 0.15) is 17.4 Å². The van der Waals surface area contributed by atoms with Crippen LogP contribution in [0.3, 0.4) is 0 Å². The Morgan fingerprint density at radius 3 is 2.71 bits per heavy atom. The second kappa shape index (κ2) is 6.72. The van der Waals surface area contributed by atoms with Crippen molar-refractivity contribution in [1.29, 1.82) is 0 Å². The summed E-state index contributed by atoms with van der Waals surface area (Å²) >= 11 is 1.42. The number of hydrogen-bond acceptors (Lipinski definition) is 4. The van der Waals surface area contributed by atoms with Crippen molar-refractivity contribution in [2.45, 2.75) is 40.2 Å². The zero-order valence-electron chi connectivity index (χ0n) is 12.5. The summed E-state index contributed by atoms with van der Waals surface area (Å²) in [5, 5.41) is 9.73. The van der Waals surface area contributed by atoms with Crippen LogP contribution in [0.25, 0.3) is 0 Å². The van der Waals surface area contributed by atoms with Gasteiger partial charge in [0, 0.05) is 4.88 Å². The third kappa shape index (κ3) is 4.04. The smallest absolute Gasteiger partial charge is 0.308 e. The number of carboxylic acid groups (broad SMARTS) is 1. The zero-order valence-corrected chi connectivity index (χ0v) is 13.3. The van der Waals surface area contributed by atoms with E-state index in [1.165, 1.54) is 22.5 Å². The maximum atomic E-state index is 10.8. The molecule has 2 aromatic rings. The lowest BCUT2D eigenvalue weighted by Gasteiger charge is -2.06. The molecule has 0 unspecified atom stereocenters. The largest absolute Gasteiger partial charge is 0.486 e. The number of rotatable bonds is 6. The summed E-state index contributed by atoms with van der Waals surface area (Å²) < 4.78 is 5.75. The molecule has 0 amide bonds. The topological polar surface area (TPSA) is 59.4 Å². The summed E-state index contributed by atoms with van der Waals surface area (Å²) in [5.74, 6) is -0.0129.